The van der Waals surface area contributed by atoms with Crippen LogP contribution in [0.25, 0.3) is 0 Å². The molecule has 0 aliphatic heterocycles. The van der Waals surface area contributed by atoms with E-state index in [9.17, 15) is 10.1 Å². The van der Waals surface area contributed by atoms with Crippen LogP contribution in [0.3, 0.4) is 0 Å². The summed E-state index contributed by atoms with van der Waals surface area (Å²) in [5.74, 6) is 2.19. The SMILES string of the molecule is N#CC(c1ccccc1)(c1ccccc1)C1CCCC(=C=O)C1. The molecular weight excluding hydrogens is 282 g/mol. The third-order valence-corrected chi connectivity index (χ3v) is 4.92. The second kappa shape index (κ2) is 6.65. The molecule has 0 radical (unpaired) electrons. The number of allylic oxidation sites excluding steroid dienone is 1. The van der Waals surface area contributed by atoms with Crippen LogP contribution >= 0.6 is 0 Å². The lowest BCUT2D eigenvalue weighted by molar-refractivity contribution is 0.325. The molecule has 0 amide bonds. The minimum Gasteiger partial charge on any atom is -0.234 e. The van der Waals surface area contributed by atoms with Gasteiger partial charge in [-0.3, -0.25) is 0 Å². The Morgan fingerprint density at radius 3 is 2.00 bits per heavy atom. The zero-order valence-electron chi connectivity index (χ0n) is 13.0. The summed E-state index contributed by atoms with van der Waals surface area (Å²) in [5, 5.41) is 10.2. The summed E-state index contributed by atoms with van der Waals surface area (Å²) in [6.45, 7) is 0. The van der Waals surface area contributed by atoms with E-state index in [1.165, 1.54) is 0 Å². The lowest BCUT2D eigenvalue weighted by atomic mass is 9.62. The zero-order valence-corrected chi connectivity index (χ0v) is 13.0. The van der Waals surface area contributed by atoms with E-state index >= 15 is 0 Å². The lowest BCUT2D eigenvalue weighted by Gasteiger charge is -2.38. The van der Waals surface area contributed by atoms with Crippen molar-refractivity contribution in [1.82, 2.24) is 0 Å². The maximum Gasteiger partial charge on any atom is 0.123 e. The van der Waals surface area contributed by atoms with Crippen molar-refractivity contribution in [2.45, 2.75) is 31.1 Å². The Morgan fingerprint density at radius 2 is 1.52 bits per heavy atom. The summed E-state index contributed by atoms with van der Waals surface area (Å²) < 4.78 is 0. The number of carbonyl (C=O) groups excluding carboxylic acids is 1. The van der Waals surface area contributed by atoms with Crippen molar-refractivity contribution in [2.75, 3.05) is 0 Å². The Kier molecular flexibility index (Phi) is 4.42. The van der Waals surface area contributed by atoms with E-state index in [1.807, 2.05) is 60.7 Å². The highest BCUT2D eigenvalue weighted by atomic mass is 16.1. The second-order valence-electron chi connectivity index (χ2n) is 6.15. The number of nitrogens with zero attached hydrogens (tertiary/aromatic N) is 1. The molecule has 3 rings (SSSR count). The predicted octanol–water partition coefficient (Wildman–Crippen LogP) is 4.44. The topological polar surface area (TPSA) is 40.9 Å². The number of benzene rings is 2. The zero-order chi connectivity index (χ0) is 16.1. The van der Waals surface area contributed by atoms with Crippen molar-refractivity contribution < 1.29 is 4.79 Å². The monoisotopic (exact) mass is 301 g/mol. The van der Waals surface area contributed by atoms with E-state index in [-0.39, 0.29) is 5.92 Å². The van der Waals surface area contributed by atoms with Crippen LogP contribution < -0.4 is 0 Å². The van der Waals surface area contributed by atoms with Gasteiger partial charge in [-0.05, 0) is 42.7 Å². The molecule has 1 unspecified atom stereocenters. The standard InChI is InChI=1S/C21H19NO/c22-16-21(18-9-3-1-4-10-18,19-11-5-2-6-12-19)20-13-7-8-17(14-20)15-23/h1-6,9-12,20H,7-8,13-14H2. The van der Waals surface area contributed by atoms with Gasteiger partial charge in [0.25, 0.3) is 0 Å². The van der Waals surface area contributed by atoms with Gasteiger partial charge >= 0.3 is 0 Å². The van der Waals surface area contributed by atoms with Crippen LogP contribution in [0.1, 0.15) is 36.8 Å². The molecule has 0 bridgehead atoms. The molecule has 1 aliphatic rings. The molecule has 1 aliphatic carbocycles. The molecule has 1 atom stereocenters. The fourth-order valence-corrected chi connectivity index (χ4v) is 3.79. The number of rotatable bonds is 3. The first-order valence-electron chi connectivity index (χ1n) is 8.06. The lowest BCUT2D eigenvalue weighted by Crippen LogP contribution is -2.37. The minimum absolute atomic E-state index is 0.0995. The fourth-order valence-electron chi connectivity index (χ4n) is 3.79. The van der Waals surface area contributed by atoms with Gasteiger partial charge in [0.2, 0.25) is 0 Å². The van der Waals surface area contributed by atoms with Gasteiger partial charge in [0.15, 0.2) is 0 Å². The van der Waals surface area contributed by atoms with Crippen molar-refractivity contribution >= 4 is 5.94 Å². The van der Waals surface area contributed by atoms with Gasteiger partial charge in [-0.15, -0.1) is 0 Å². The summed E-state index contributed by atoms with van der Waals surface area (Å²) in [6.07, 6.45) is 3.35. The van der Waals surface area contributed by atoms with Gasteiger partial charge < -0.3 is 0 Å². The molecule has 0 saturated heterocycles. The summed E-state index contributed by atoms with van der Waals surface area (Å²) in [6, 6.07) is 22.5. The normalized spacial score (nSPS) is 18.0. The summed E-state index contributed by atoms with van der Waals surface area (Å²) in [7, 11) is 0. The third kappa shape index (κ3) is 2.72. The molecule has 2 heteroatoms. The first-order valence-corrected chi connectivity index (χ1v) is 8.06. The van der Waals surface area contributed by atoms with Gasteiger partial charge in [-0.25, -0.2) is 4.79 Å². The van der Waals surface area contributed by atoms with E-state index < -0.39 is 5.41 Å². The molecule has 0 spiro atoms. The van der Waals surface area contributed by atoms with Gasteiger partial charge in [0.05, 0.1) is 6.07 Å². The molecule has 0 N–H and O–H groups in total. The van der Waals surface area contributed by atoms with E-state index in [0.29, 0.717) is 6.42 Å². The first-order chi connectivity index (χ1) is 11.3. The molecule has 2 aromatic rings. The van der Waals surface area contributed by atoms with Gasteiger partial charge in [-0.1, -0.05) is 60.7 Å². The minimum atomic E-state index is -0.717. The van der Waals surface area contributed by atoms with E-state index in [2.05, 4.69) is 12.0 Å². The van der Waals surface area contributed by atoms with Gasteiger partial charge in [-0.2, -0.15) is 5.26 Å². The molecule has 1 fully saturated rings. The molecule has 0 aromatic heterocycles. The fraction of sp³-hybridized carbons (Fsp3) is 0.286. The Morgan fingerprint density at radius 1 is 0.957 bits per heavy atom. The number of hydrogen-bond acceptors (Lipinski definition) is 2. The smallest absolute Gasteiger partial charge is 0.123 e. The average Bonchev–Trinajstić information content (AvgIpc) is 2.65. The highest BCUT2D eigenvalue weighted by Crippen LogP contribution is 2.46. The molecule has 2 nitrogen and oxygen atoms in total. The molecule has 114 valence electrons. The van der Waals surface area contributed by atoms with E-state index in [4.69, 9.17) is 0 Å². The third-order valence-electron chi connectivity index (χ3n) is 4.92. The highest BCUT2D eigenvalue weighted by molar-refractivity contribution is 5.54. The maximum atomic E-state index is 11.1. The van der Waals surface area contributed by atoms with Crippen LogP contribution in [0, 0.1) is 17.2 Å². The van der Waals surface area contributed by atoms with Crippen molar-refractivity contribution in [1.29, 1.82) is 5.26 Å². The van der Waals surface area contributed by atoms with Crippen molar-refractivity contribution in [3.63, 3.8) is 0 Å². The van der Waals surface area contributed by atoms with E-state index in [0.717, 1.165) is 36.0 Å². The Balaban J connectivity index is 2.18. The molecule has 23 heavy (non-hydrogen) atoms. The van der Waals surface area contributed by atoms with Crippen molar-refractivity contribution in [3.8, 4) is 6.07 Å². The number of hydrogen-bond donors (Lipinski definition) is 0. The average molecular weight is 301 g/mol. The van der Waals surface area contributed by atoms with Crippen LogP contribution in [0.15, 0.2) is 66.2 Å². The Bertz CT molecular complexity index is 712. The van der Waals surface area contributed by atoms with Gasteiger partial charge in [0.1, 0.15) is 11.4 Å². The predicted molar refractivity (Wildman–Crippen MR) is 90.4 cm³/mol. The quantitative estimate of drug-likeness (QED) is 0.786. The van der Waals surface area contributed by atoms with Crippen LogP contribution in [0.4, 0.5) is 0 Å². The summed E-state index contributed by atoms with van der Waals surface area (Å²) >= 11 is 0. The molecular formula is C21H19NO. The summed E-state index contributed by atoms with van der Waals surface area (Å²) in [4.78, 5) is 11.1. The Hall–Kier alpha value is -2.62. The van der Waals surface area contributed by atoms with Crippen LogP contribution in [-0.2, 0) is 10.2 Å². The summed E-state index contributed by atoms with van der Waals surface area (Å²) in [5.41, 5.74) is 2.11. The van der Waals surface area contributed by atoms with Crippen LogP contribution in [-0.4, -0.2) is 5.94 Å². The van der Waals surface area contributed by atoms with E-state index in [1.54, 1.807) is 0 Å². The number of nitriles is 1. The molecule has 0 heterocycles. The van der Waals surface area contributed by atoms with Crippen molar-refractivity contribution in [2.24, 2.45) is 5.92 Å². The van der Waals surface area contributed by atoms with Crippen molar-refractivity contribution in [3.05, 3.63) is 77.4 Å². The van der Waals surface area contributed by atoms with Gasteiger partial charge in [0, 0.05) is 5.57 Å². The highest BCUT2D eigenvalue weighted by Gasteiger charge is 2.43. The molecule has 2 aromatic carbocycles. The second-order valence-corrected chi connectivity index (χ2v) is 6.15. The molecule has 1 saturated carbocycles. The Labute approximate surface area is 137 Å². The first kappa shape index (κ1) is 15.3. The van der Waals surface area contributed by atoms with Crippen LogP contribution in [0.5, 0.6) is 0 Å². The van der Waals surface area contributed by atoms with Crippen LogP contribution in [0.2, 0.25) is 0 Å². The maximum absolute atomic E-state index is 11.1. The largest absolute Gasteiger partial charge is 0.234 e.